The second-order valence-electron chi connectivity index (χ2n) is 4.75. The first-order valence-corrected chi connectivity index (χ1v) is 5.56. The molecule has 4 heteroatoms. The van der Waals surface area contributed by atoms with Gasteiger partial charge in [0.25, 0.3) is 0 Å². The van der Waals surface area contributed by atoms with Gasteiger partial charge in [0, 0.05) is 18.5 Å². The van der Waals surface area contributed by atoms with E-state index < -0.39 is 0 Å². The maximum Gasteiger partial charge on any atom is 0.243 e. The summed E-state index contributed by atoms with van der Waals surface area (Å²) in [5, 5.41) is 5.55. The van der Waals surface area contributed by atoms with Crippen molar-refractivity contribution in [1.29, 1.82) is 0 Å². The number of hydrogen-bond acceptors (Lipinski definition) is 2. The third kappa shape index (κ3) is 9.24. The zero-order valence-corrected chi connectivity index (χ0v) is 10.4. The predicted molar refractivity (Wildman–Crippen MR) is 65.0 cm³/mol. The first-order chi connectivity index (χ1) is 7.35. The number of amides is 2. The van der Waals surface area contributed by atoms with Gasteiger partial charge in [-0.1, -0.05) is 6.58 Å². The van der Waals surface area contributed by atoms with Crippen LogP contribution >= 0.6 is 0 Å². The highest BCUT2D eigenvalue weighted by Crippen LogP contribution is 2.01. The van der Waals surface area contributed by atoms with E-state index in [-0.39, 0.29) is 17.4 Å². The Hall–Kier alpha value is -1.32. The third-order valence-corrected chi connectivity index (χ3v) is 1.83. The molecule has 0 unspecified atom stereocenters. The van der Waals surface area contributed by atoms with E-state index in [1.807, 2.05) is 20.8 Å². The van der Waals surface area contributed by atoms with E-state index in [9.17, 15) is 9.59 Å². The maximum atomic E-state index is 11.4. The Morgan fingerprint density at radius 2 is 1.88 bits per heavy atom. The molecule has 4 nitrogen and oxygen atoms in total. The minimum atomic E-state index is -0.172. The zero-order valence-electron chi connectivity index (χ0n) is 10.4. The minimum Gasteiger partial charge on any atom is -0.353 e. The largest absolute Gasteiger partial charge is 0.353 e. The molecule has 0 aromatic heterocycles. The molecular weight excluding hydrogens is 204 g/mol. The van der Waals surface area contributed by atoms with E-state index in [0.717, 1.165) is 12.8 Å². The topological polar surface area (TPSA) is 58.2 Å². The van der Waals surface area contributed by atoms with Crippen molar-refractivity contribution in [2.45, 2.75) is 45.6 Å². The van der Waals surface area contributed by atoms with Gasteiger partial charge < -0.3 is 10.6 Å². The van der Waals surface area contributed by atoms with E-state index >= 15 is 0 Å². The average Bonchev–Trinajstić information content (AvgIpc) is 2.14. The van der Waals surface area contributed by atoms with Gasteiger partial charge in [0.15, 0.2) is 0 Å². The minimum absolute atomic E-state index is 0.0579. The summed E-state index contributed by atoms with van der Waals surface area (Å²) in [6.45, 7) is 9.80. The first kappa shape index (κ1) is 14.7. The van der Waals surface area contributed by atoms with Crippen molar-refractivity contribution in [2.75, 3.05) is 6.54 Å². The van der Waals surface area contributed by atoms with Crippen LogP contribution in [0, 0.1) is 0 Å². The molecule has 0 aliphatic heterocycles. The lowest BCUT2D eigenvalue weighted by Crippen LogP contribution is -2.40. The van der Waals surface area contributed by atoms with Crippen LogP contribution in [0.25, 0.3) is 0 Å². The van der Waals surface area contributed by atoms with Gasteiger partial charge >= 0.3 is 0 Å². The van der Waals surface area contributed by atoms with Gasteiger partial charge in [-0.05, 0) is 39.7 Å². The van der Waals surface area contributed by atoms with Crippen molar-refractivity contribution >= 4 is 11.8 Å². The van der Waals surface area contributed by atoms with Gasteiger partial charge in [-0.2, -0.15) is 0 Å². The van der Waals surface area contributed by atoms with Crippen LogP contribution in [0.15, 0.2) is 12.7 Å². The van der Waals surface area contributed by atoms with Crippen molar-refractivity contribution in [3.8, 4) is 0 Å². The third-order valence-electron chi connectivity index (χ3n) is 1.83. The van der Waals surface area contributed by atoms with Crippen molar-refractivity contribution < 1.29 is 9.59 Å². The Morgan fingerprint density at radius 1 is 1.25 bits per heavy atom. The highest BCUT2D eigenvalue weighted by Gasteiger charge is 2.12. The Kier molecular flexibility index (Phi) is 6.46. The van der Waals surface area contributed by atoms with Gasteiger partial charge in [-0.3, -0.25) is 9.59 Å². The molecule has 0 aromatic carbocycles. The van der Waals surface area contributed by atoms with Crippen molar-refractivity contribution in [3.63, 3.8) is 0 Å². The Labute approximate surface area is 97.5 Å². The number of carbonyl (C=O) groups is 2. The van der Waals surface area contributed by atoms with Gasteiger partial charge in [-0.15, -0.1) is 0 Å². The monoisotopic (exact) mass is 226 g/mol. The van der Waals surface area contributed by atoms with Gasteiger partial charge in [0.1, 0.15) is 0 Å². The molecule has 0 spiro atoms. The van der Waals surface area contributed by atoms with Gasteiger partial charge in [0.2, 0.25) is 11.8 Å². The fourth-order valence-electron chi connectivity index (χ4n) is 1.18. The van der Waals surface area contributed by atoms with E-state index in [1.165, 1.54) is 6.08 Å². The maximum absolute atomic E-state index is 11.4. The van der Waals surface area contributed by atoms with Crippen LogP contribution in [0.5, 0.6) is 0 Å². The quantitative estimate of drug-likeness (QED) is 0.531. The van der Waals surface area contributed by atoms with E-state index in [1.54, 1.807) is 0 Å². The second kappa shape index (κ2) is 7.04. The summed E-state index contributed by atoms with van der Waals surface area (Å²) in [6, 6.07) is 0. The molecule has 0 radical (unpaired) electrons. The number of unbranched alkanes of at least 4 members (excludes halogenated alkanes) is 1. The Morgan fingerprint density at radius 3 is 2.38 bits per heavy atom. The molecule has 0 fully saturated rings. The van der Waals surface area contributed by atoms with Crippen molar-refractivity contribution in [3.05, 3.63) is 12.7 Å². The van der Waals surface area contributed by atoms with E-state index in [0.29, 0.717) is 13.0 Å². The van der Waals surface area contributed by atoms with Crippen LogP contribution in [0.4, 0.5) is 0 Å². The second-order valence-corrected chi connectivity index (χ2v) is 4.75. The summed E-state index contributed by atoms with van der Waals surface area (Å²) in [6.07, 6.45) is 3.32. The zero-order chi connectivity index (χ0) is 12.6. The van der Waals surface area contributed by atoms with Crippen LogP contribution in [-0.4, -0.2) is 23.9 Å². The molecule has 0 aliphatic rings. The highest BCUT2D eigenvalue weighted by atomic mass is 16.2. The summed E-state index contributed by atoms with van der Waals surface area (Å²) in [7, 11) is 0. The number of nitrogens with one attached hydrogen (secondary N) is 2. The number of hydrogen-bond donors (Lipinski definition) is 2. The lowest BCUT2D eigenvalue weighted by Gasteiger charge is -2.20. The van der Waals surface area contributed by atoms with Gasteiger partial charge in [0.05, 0.1) is 0 Å². The number of carbonyl (C=O) groups excluding carboxylic acids is 2. The molecule has 0 heterocycles. The molecule has 0 atom stereocenters. The standard InChI is InChI=1S/C12H22N2O2/c1-5-10(15)13-9-7-6-8-11(16)14-12(2,3)4/h5H,1,6-9H2,2-4H3,(H,13,15)(H,14,16). The van der Waals surface area contributed by atoms with Crippen LogP contribution < -0.4 is 10.6 Å². The summed E-state index contributed by atoms with van der Waals surface area (Å²) < 4.78 is 0. The fraction of sp³-hybridized carbons (Fsp3) is 0.667. The Bertz CT molecular complexity index is 254. The van der Waals surface area contributed by atoms with Crippen molar-refractivity contribution in [2.24, 2.45) is 0 Å². The molecule has 0 aliphatic carbocycles. The van der Waals surface area contributed by atoms with Crippen LogP contribution in [0.2, 0.25) is 0 Å². The fourth-order valence-corrected chi connectivity index (χ4v) is 1.18. The molecule has 0 saturated carbocycles. The average molecular weight is 226 g/mol. The molecular formula is C12H22N2O2. The van der Waals surface area contributed by atoms with Gasteiger partial charge in [-0.25, -0.2) is 0 Å². The highest BCUT2D eigenvalue weighted by molar-refractivity contribution is 5.86. The molecule has 2 amide bonds. The summed E-state index contributed by atoms with van der Waals surface area (Å²) in [5.74, 6) is -0.110. The predicted octanol–water partition coefficient (Wildman–Crippen LogP) is 1.37. The van der Waals surface area contributed by atoms with E-state index in [4.69, 9.17) is 0 Å². The Balaban J connectivity index is 3.49. The SMILES string of the molecule is C=CC(=O)NCCCCC(=O)NC(C)(C)C. The molecule has 0 aromatic rings. The van der Waals surface area contributed by atoms with Crippen molar-refractivity contribution in [1.82, 2.24) is 10.6 Å². The number of rotatable bonds is 6. The summed E-state index contributed by atoms with van der Waals surface area (Å²) in [4.78, 5) is 22.2. The molecule has 0 bridgehead atoms. The molecule has 16 heavy (non-hydrogen) atoms. The first-order valence-electron chi connectivity index (χ1n) is 5.56. The lowest BCUT2D eigenvalue weighted by molar-refractivity contribution is -0.122. The van der Waals surface area contributed by atoms with Crippen LogP contribution in [0.3, 0.4) is 0 Å². The van der Waals surface area contributed by atoms with Crippen LogP contribution in [0.1, 0.15) is 40.0 Å². The summed E-state index contributed by atoms with van der Waals surface area (Å²) in [5.41, 5.74) is -0.172. The molecule has 0 rings (SSSR count). The lowest BCUT2D eigenvalue weighted by atomic mass is 10.1. The van der Waals surface area contributed by atoms with E-state index in [2.05, 4.69) is 17.2 Å². The molecule has 92 valence electrons. The molecule has 2 N–H and O–H groups in total. The van der Waals surface area contributed by atoms with Crippen LogP contribution in [-0.2, 0) is 9.59 Å². The summed E-state index contributed by atoms with van der Waals surface area (Å²) >= 11 is 0. The normalized spacial score (nSPS) is 10.7. The smallest absolute Gasteiger partial charge is 0.243 e. The molecule has 0 saturated heterocycles.